The molecule has 0 radical (unpaired) electrons. The van der Waals surface area contributed by atoms with Crippen LogP contribution in [0, 0.1) is 0 Å². The average Bonchev–Trinajstić information content (AvgIpc) is 2.30. The summed E-state index contributed by atoms with van der Waals surface area (Å²) in [6, 6.07) is 3.31. The summed E-state index contributed by atoms with van der Waals surface area (Å²) in [5, 5.41) is 0. The van der Waals surface area contributed by atoms with Crippen molar-refractivity contribution < 1.29 is 9.59 Å². The lowest BCUT2D eigenvalue weighted by Gasteiger charge is -1.89. The molecule has 0 amide bonds. The molecule has 54 valence electrons. The van der Waals surface area contributed by atoms with Crippen LogP contribution >= 0.6 is 8.58 Å². The van der Waals surface area contributed by atoms with Crippen molar-refractivity contribution in [3.63, 3.8) is 0 Å². The zero-order valence-electron chi connectivity index (χ0n) is 5.50. The monoisotopic (exact) mass is 165 g/mol. The smallest absolute Gasteiger partial charge is 0.207 e. The number of hydrogen-bond acceptors (Lipinski definition) is 3. The van der Waals surface area contributed by atoms with Crippen LogP contribution in [0.25, 0.3) is 0 Å². The Hall–Kier alpha value is -1.08. The lowest BCUT2D eigenvalue weighted by molar-refractivity contribution is 0.107. The van der Waals surface area contributed by atoms with E-state index in [9.17, 15) is 9.59 Å². The molecule has 1 aromatic heterocycles. The quantitative estimate of drug-likeness (QED) is 0.540. The van der Waals surface area contributed by atoms with Gasteiger partial charge in [0, 0.05) is 14.8 Å². The van der Waals surface area contributed by atoms with Crippen LogP contribution in [0.15, 0.2) is 18.3 Å². The number of carbonyl (C=O) groups excluding carboxylic acids is 2. The van der Waals surface area contributed by atoms with Crippen LogP contribution in [-0.2, 0) is 0 Å². The molecule has 1 atom stereocenters. The van der Waals surface area contributed by atoms with E-state index in [4.69, 9.17) is 0 Å². The normalized spacial score (nSPS) is 17.5. The summed E-state index contributed by atoms with van der Waals surface area (Å²) >= 11 is 0. The predicted octanol–water partition coefficient (Wildman–Crippen LogP) is 1.05. The molecule has 4 heteroatoms. The van der Waals surface area contributed by atoms with Crippen LogP contribution in [0.2, 0.25) is 0 Å². The van der Waals surface area contributed by atoms with Crippen molar-refractivity contribution in [2.75, 3.05) is 0 Å². The maximum Gasteiger partial charge on any atom is 0.207 e. The molecule has 0 N–H and O–H groups in total. The topological polar surface area (TPSA) is 47.0 Å². The second-order valence-electron chi connectivity index (χ2n) is 2.18. The van der Waals surface area contributed by atoms with Crippen LogP contribution in [0.3, 0.4) is 0 Å². The van der Waals surface area contributed by atoms with Gasteiger partial charge in [-0.25, -0.2) is 0 Å². The Morgan fingerprint density at radius 2 is 2.09 bits per heavy atom. The first kappa shape index (κ1) is 6.62. The second-order valence-corrected chi connectivity index (χ2v) is 3.34. The van der Waals surface area contributed by atoms with Gasteiger partial charge in [0.15, 0.2) is 5.52 Å². The first-order valence-electron chi connectivity index (χ1n) is 3.10. The summed E-state index contributed by atoms with van der Waals surface area (Å²) in [7, 11) is -0.246. The molecular weight excluding hydrogens is 161 g/mol. The number of rotatable bonds is 0. The van der Waals surface area contributed by atoms with Gasteiger partial charge in [0.1, 0.15) is 5.69 Å². The molecule has 0 aromatic carbocycles. The fraction of sp³-hybridized carbons (Fsp3) is 0. The maximum atomic E-state index is 11.0. The van der Waals surface area contributed by atoms with Crippen molar-refractivity contribution in [2.24, 2.45) is 0 Å². The van der Waals surface area contributed by atoms with Crippen LogP contribution < -0.4 is 0 Å². The Kier molecular flexibility index (Phi) is 1.33. The van der Waals surface area contributed by atoms with Gasteiger partial charge in [-0.3, -0.25) is 14.6 Å². The molecule has 11 heavy (non-hydrogen) atoms. The Labute approximate surface area is 64.6 Å². The second kappa shape index (κ2) is 2.21. The van der Waals surface area contributed by atoms with E-state index in [1.54, 1.807) is 12.1 Å². The Balaban J connectivity index is 2.69. The van der Waals surface area contributed by atoms with Gasteiger partial charge in [0.2, 0.25) is 5.52 Å². The molecule has 1 aliphatic heterocycles. The molecule has 1 unspecified atom stereocenters. The molecule has 0 fully saturated rings. The zero-order chi connectivity index (χ0) is 7.84. The number of pyridine rings is 1. The fourth-order valence-corrected chi connectivity index (χ4v) is 1.86. The molecule has 2 heterocycles. The van der Waals surface area contributed by atoms with E-state index in [1.165, 1.54) is 6.20 Å². The SMILES string of the molecule is O=C1PC(=O)c2ncccc21. The third-order valence-electron chi connectivity index (χ3n) is 1.49. The van der Waals surface area contributed by atoms with Crippen LogP contribution in [0.4, 0.5) is 0 Å². The summed E-state index contributed by atoms with van der Waals surface area (Å²) in [4.78, 5) is 25.9. The van der Waals surface area contributed by atoms with Gasteiger partial charge in [-0.1, -0.05) is 0 Å². The molecule has 0 spiro atoms. The minimum atomic E-state index is -0.246. The van der Waals surface area contributed by atoms with E-state index in [2.05, 4.69) is 4.98 Å². The van der Waals surface area contributed by atoms with Crippen molar-refractivity contribution in [1.82, 2.24) is 4.98 Å². The first-order valence-corrected chi connectivity index (χ1v) is 4.10. The summed E-state index contributed by atoms with van der Waals surface area (Å²) < 4.78 is 0. The molecule has 2 rings (SSSR count). The highest BCUT2D eigenvalue weighted by atomic mass is 31.1. The number of carbonyl (C=O) groups is 2. The minimum absolute atomic E-state index is 0.0851. The van der Waals surface area contributed by atoms with Gasteiger partial charge in [-0.2, -0.15) is 0 Å². The van der Waals surface area contributed by atoms with E-state index in [-0.39, 0.29) is 19.6 Å². The van der Waals surface area contributed by atoms with Gasteiger partial charge < -0.3 is 0 Å². The number of hydrogen-bond donors (Lipinski definition) is 0. The molecule has 0 saturated carbocycles. The molecule has 3 nitrogen and oxygen atoms in total. The Bertz CT molecular complexity index is 315. The van der Waals surface area contributed by atoms with Crippen molar-refractivity contribution >= 4 is 19.6 Å². The zero-order valence-corrected chi connectivity index (χ0v) is 6.50. The third-order valence-corrected chi connectivity index (χ3v) is 2.45. The highest BCUT2D eigenvalue weighted by molar-refractivity contribution is 7.76. The number of aromatic nitrogens is 1. The molecule has 1 aromatic rings. The molecule has 0 aliphatic carbocycles. The van der Waals surface area contributed by atoms with Crippen molar-refractivity contribution in [1.29, 1.82) is 0 Å². The predicted molar refractivity (Wildman–Crippen MR) is 41.2 cm³/mol. The minimum Gasteiger partial charge on any atom is -0.289 e. The van der Waals surface area contributed by atoms with Crippen LogP contribution in [0.1, 0.15) is 20.8 Å². The van der Waals surface area contributed by atoms with Gasteiger partial charge in [0.25, 0.3) is 0 Å². The van der Waals surface area contributed by atoms with E-state index < -0.39 is 0 Å². The van der Waals surface area contributed by atoms with E-state index >= 15 is 0 Å². The summed E-state index contributed by atoms with van der Waals surface area (Å²) in [5.74, 6) is 0. The molecule has 1 aliphatic rings. The van der Waals surface area contributed by atoms with Gasteiger partial charge in [-0.05, 0) is 12.1 Å². The molecular formula is C7H4NO2P. The highest BCUT2D eigenvalue weighted by Gasteiger charge is 2.27. The van der Waals surface area contributed by atoms with Crippen molar-refractivity contribution in [2.45, 2.75) is 0 Å². The largest absolute Gasteiger partial charge is 0.289 e. The fourth-order valence-electron chi connectivity index (χ4n) is 0.999. The third kappa shape index (κ3) is 0.889. The number of nitrogens with zero attached hydrogens (tertiary/aromatic N) is 1. The summed E-state index contributed by atoms with van der Waals surface area (Å²) in [6.07, 6.45) is 1.53. The Morgan fingerprint density at radius 3 is 2.82 bits per heavy atom. The highest BCUT2D eigenvalue weighted by Crippen LogP contribution is 2.32. The molecule has 0 bridgehead atoms. The summed E-state index contributed by atoms with van der Waals surface area (Å²) in [5.41, 5.74) is 0.607. The van der Waals surface area contributed by atoms with E-state index in [0.717, 1.165) is 0 Å². The average molecular weight is 165 g/mol. The van der Waals surface area contributed by atoms with Crippen molar-refractivity contribution in [3.05, 3.63) is 29.6 Å². The van der Waals surface area contributed by atoms with Crippen LogP contribution in [0.5, 0.6) is 0 Å². The van der Waals surface area contributed by atoms with Crippen LogP contribution in [-0.4, -0.2) is 16.0 Å². The van der Waals surface area contributed by atoms with Gasteiger partial charge in [0.05, 0.1) is 5.56 Å². The van der Waals surface area contributed by atoms with Crippen molar-refractivity contribution in [3.8, 4) is 0 Å². The standard InChI is InChI=1S/C7H4NO2P/c9-6-4-2-1-3-8-5(4)7(10)11-6/h1-3,11H. The van der Waals surface area contributed by atoms with Gasteiger partial charge in [-0.15, -0.1) is 0 Å². The maximum absolute atomic E-state index is 11.0. The lowest BCUT2D eigenvalue weighted by atomic mass is 10.2. The first-order chi connectivity index (χ1) is 5.29. The van der Waals surface area contributed by atoms with E-state index in [0.29, 0.717) is 11.3 Å². The summed E-state index contributed by atoms with van der Waals surface area (Å²) in [6.45, 7) is 0. The Morgan fingerprint density at radius 1 is 1.27 bits per heavy atom. The lowest BCUT2D eigenvalue weighted by Crippen LogP contribution is -1.92. The number of fused-ring (bicyclic) bond motifs is 1. The van der Waals surface area contributed by atoms with Gasteiger partial charge >= 0.3 is 0 Å². The van der Waals surface area contributed by atoms with E-state index in [1.807, 2.05) is 0 Å². The molecule has 0 saturated heterocycles.